The number of carbonyl (C=O) groups is 1. The number of nitrogens with zero attached hydrogens (tertiary/aromatic N) is 1. The van der Waals surface area contributed by atoms with Gasteiger partial charge in [0, 0.05) is 11.8 Å². The van der Waals surface area contributed by atoms with Gasteiger partial charge in [0.15, 0.2) is 0 Å². The molecule has 3 N–H and O–H groups in total. The van der Waals surface area contributed by atoms with Crippen LogP contribution in [-0.2, 0) is 6.18 Å². The van der Waals surface area contributed by atoms with Gasteiger partial charge in [0.1, 0.15) is 5.69 Å². The minimum absolute atomic E-state index is 0. The number of pyridine rings is 1. The van der Waals surface area contributed by atoms with Gasteiger partial charge >= 0.3 is 6.18 Å². The summed E-state index contributed by atoms with van der Waals surface area (Å²) in [5.41, 5.74) is 0.414. The van der Waals surface area contributed by atoms with Crippen LogP contribution in [0.3, 0.4) is 0 Å². The molecule has 0 bridgehead atoms. The molecule has 4 nitrogen and oxygen atoms in total. The number of nitrogens with one attached hydrogen (secondary N) is 1. The van der Waals surface area contributed by atoms with E-state index in [9.17, 15) is 18.0 Å². The summed E-state index contributed by atoms with van der Waals surface area (Å²) < 4.78 is 36.3. The molecule has 1 aromatic rings. The highest BCUT2D eigenvalue weighted by Crippen LogP contribution is 2.27. The summed E-state index contributed by atoms with van der Waals surface area (Å²) >= 11 is 0. The van der Waals surface area contributed by atoms with E-state index in [2.05, 4.69) is 4.98 Å². The summed E-state index contributed by atoms with van der Waals surface area (Å²) in [5, 5.41) is 0. The summed E-state index contributed by atoms with van der Waals surface area (Å²) in [6, 6.07) is 1.76. The fourth-order valence-electron chi connectivity index (χ4n) is 0.810. The van der Waals surface area contributed by atoms with Gasteiger partial charge in [0.2, 0.25) is 0 Å². The number of halogens is 5. The third-order valence-corrected chi connectivity index (χ3v) is 1.44. The number of rotatable bonds is 1. The first-order valence-electron chi connectivity index (χ1n) is 3.49. The summed E-state index contributed by atoms with van der Waals surface area (Å²) in [5.74, 6) is 3.97. The molecule has 0 saturated carbocycles. The van der Waals surface area contributed by atoms with Gasteiger partial charge in [-0.05, 0) is 12.1 Å². The lowest BCUT2D eigenvalue weighted by molar-refractivity contribution is -0.141. The minimum atomic E-state index is -4.56. The molecule has 1 rings (SSSR count). The highest BCUT2D eigenvalue weighted by Gasteiger charge is 2.32. The molecule has 0 aliphatic rings. The lowest BCUT2D eigenvalue weighted by Crippen LogP contribution is -2.30. The normalized spacial score (nSPS) is 9.75. The largest absolute Gasteiger partial charge is 0.433 e. The highest BCUT2D eigenvalue weighted by molar-refractivity contribution is 5.93. The molecule has 1 aromatic heterocycles. The Kier molecular flexibility index (Phi) is 7.06. The first kappa shape index (κ1) is 17.3. The molecule has 9 heteroatoms. The number of hydrogen-bond acceptors (Lipinski definition) is 3. The highest BCUT2D eigenvalue weighted by atomic mass is 35.5. The Morgan fingerprint density at radius 2 is 1.94 bits per heavy atom. The molecule has 0 unspecified atom stereocenters. The fraction of sp³-hybridized carbons (Fsp3) is 0.143. The molecule has 0 aromatic carbocycles. The van der Waals surface area contributed by atoms with Crippen molar-refractivity contribution in [3.8, 4) is 0 Å². The van der Waals surface area contributed by atoms with Crippen LogP contribution in [0.15, 0.2) is 18.3 Å². The van der Waals surface area contributed by atoms with Crippen molar-refractivity contribution in [2.75, 3.05) is 0 Å². The van der Waals surface area contributed by atoms with Crippen molar-refractivity contribution in [3.05, 3.63) is 29.6 Å². The topological polar surface area (TPSA) is 68.0 Å². The monoisotopic (exact) mass is 277 g/mol. The van der Waals surface area contributed by atoms with E-state index in [0.29, 0.717) is 6.07 Å². The van der Waals surface area contributed by atoms with Crippen LogP contribution in [0.2, 0.25) is 0 Å². The van der Waals surface area contributed by atoms with Crippen LogP contribution in [0.25, 0.3) is 0 Å². The number of amides is 1. The van der Waals surface area contributed by atoms with Crippen molar-refractivity contribution in [3.63, 3.8) is 0 Å². The molecule has 1 heterocycles. The Labute approximate surface area is 101 Å². The third-order valence-electron chi connectivity index (χ3n) is 1.44. The quantitative estimate of drug-likeness (QED) is 0.465. The van der Waals surface area contributed by atoms with Gasteiger partial charge in [0.25, 0.3) is 5.91 Å². The molecule has 16 heavy (non-hydrogen) atoms. The van der Waals surface area contributed by atoms with E-state index in [0.717, 1.165) is 12.3 Å². The van der Waals surface area contributed by atoms with Gasteiger partial charge < -0.3 is 0 Å². The molecule has 0 atom stereocenters. The van der Waals surface area contributed by atoms with Crippen molar-refractivity contribution in [1.29, 1.82) is 0 Å². The standard InChI is InChI=1S/C7H6F3N3O.2ClH/c8-7(9,10)5-3-4(1-2-12-5)6(14)13-11;;/h1-3H,11H2,(H,13,14);2*1H. The molecule has 1 amide bonds. The van der Waals surface area contributed by atoms with E-state index in [1.54, 1.807) is 5.43 Å². The van der Waals surface area contributed by atoms with Gasteiger partial charge in [-0.15, -0.1) is 24.8 Å². The molecule has 0 aliphatic carbocycles. The van der Waals surface area contributed by atoms with Crippen LogP contribution in [0.5, 0.6) is 0 Å². The van der Waals surface area contributed by atoms with Gasteiger partial charge in [-0.2, -0.15) is 13.2 Å². The molecule has 0 radical (unpaired) electrons. The van der Waals surface area contributed by atoms with Crippen molar-refractivity contribution in [1.82, 2.24) is 10.4 Å². The zero-order valence-corrected chi connectivity index (χ0v) is 9.25. The van der Waals surface area contributed by atoms with Gasteiger partial charge in [-0.3, -0.25) is 15.2 Å². The van der Waals surface area contributed by atoms with Crippen molar-refractivity contribution in [2.45, 2.75) is 6.18 Å². The lowest BCUT2D eigenvalue weighted by Gasteiger charge is -2.06. The molecule has 0 spiro atoms. The van der Waals surface area contributed by atoms with E-state index in [1.807, 2.05) is 0 Å². The molecular formula is C7H8Cl2F3N3O. The number of nitrogen functional groups attached to an aromatic ring is 1. The van der Waals surface area contributed by atoms with Gasteiger partial charge in [-0.1, -0.05) is 0 Å². The second-order valence-electron chi connectivity index (χ2n) is 2.40. The minimum Gasteiger partial charge on any atom is -0.290 e. The molecule has 0 saturated heterocycles. The zero-order valence-electron chi connectivity index (χ0n) is 7.62. The van der Waals surface area contributed by atoms with Gasteiger partial charge in [0.05, 0.1) is 0 Å². The molecule has 0 fully saturated rings. The van der Waals surface area contributed by atoms with Crippen LogP contribution in [0.4, 0.5) is 13.2 Å². The van der Waals surface area contributed by atoms with E-state index in [4.69, 9.17) is 5.84 Å². The number of hydrazine groups is 1. The number of hydrogen-bond donors (Lipinski definition) is 2. The number of aromatic nitrogens is 1. The molecule has 0 aliphatic heterocycles. The maximum Gasteiger partial charge on any atom is 0.433 e. The maximum atomic E-state index is 12.1. The van der Waals surface area contributed by atoms with E-state index < -0.39 is 17.8 Å². The summed E-state index contributed by atoms with van der Waals surface area (Å²) in [6.45, 7) is 0. The average molecular weight is 278 g/mol. The van der Waals surface area contributed by atoms with E-state index in [-0.39, 0.29) is 30.4 Å². The van der Waals surface area contributed by atoms with Crippen LogP contribution in [0, 0.1) is 0 Å². The summed E-state index contributed by atoms with van der Waals surface area (Å²) in [7, 11) is 0. The van der Waals surface area contributed by atoms with Crippen LogP contribution >= 0.6 is 24.8 Å². The predicted octanol–water partition coefficient (Wildman–Crippen LogP) is 1.55. The lowest BCUT2D eigenvalue weighted by atomic mass is 10.2. The first-order valence-corrected chi connectivity index (χ1v) is 3.49. The zero-order chi connectivity index (χ0) is 10.8. The van der Waals surface area contributed by atoms with Crippen molar-refractivity contribution >= 4 is 30.7 Å². The Morgan fingerprint density at radius 1 is 1.38 bits per heavy atom. The van der Waals surface area contributed by atoms with E-state index >= 15 is 0 Å². The summed E-state index contributed by atoms with van der Waals surface area (Å²) in [4.78, 5) is 13.9. The SMILES string of the molecule is Cl.Cl.NNC(=O)c1ccnc(C(F)(F)F)c1. The second kappa shape index (κ2) is 6.51. The maximum absolute atomic E-state index is 12.1. The fourth-order valence-corrected chi connectivity index (χ4v) is 0.810. The Hall–Kier alpha value is -1.05. The van der Waals surface area contributed by atoms with Crippen LogP contribution in [-0.4, -0.2) is 10.9 Å². The predicted molar refractivity (Wildman–Crippen MR) is 55.4 cm³/mol. The van der Waals surface area contributed by atoms with E-state index in [1.165, 1.54) is 0 Å². The van der Waals surface area contributed by atoms with Crippen molar-refractivity contribution < 1.29 is 18.0 Å². The molecule has 92 valence electrons. The smallest absolute Gasteiger partial charge is 0.290 e. The van der Waals surface area contributed by atoms with Crippen LogP contribution in [0.1, 0.15) is 16.1 Å². The Morgan fingerprint density at radius 3 is 2.38 bits per heavy atom. The van der Waals surface area contributed by atoms with Gasteiger partial charge in [-0.25, -0.2) is 5.84 Å². The average Bonchev–Trinajstić information content (AvgIpc) is 2.15. The Balaban J connectivity index is 0. The second-order valence-corrected chi connectivity index (χ2v) is 2.40. The van der Waals surface area contributed by atoms with Crippen molar-refractivity contribution in [2.24, 2.45) is 5.84 Å². The first-order chi connectivity index (χ1) is 6.45. The Bertz CT molecular complexity index is 359. The number of nitrogens with two attached hydrogens (primary N) is 1. The molecular weight excluding hydrogens is 270 g/mol. The van der Waals surface area contributed by atoms with Crippen LogP contribution < -0.4 is 11.3 Å². The number of alkyl halides is 3. The third kappa shape index (κ3) is 4.21. The summed E-state index contributed by atoms with van der Waals surface area (Å²) in [6.07, 6.45) is -3.67. The number of carbonyl (C=O) groups excluding carboxylic acids is 1.